The summed E-state index contributed by atoms with van der Waals surface area (Å²) in [7, 11) is 0. The molecule has 0 radical (unpaired) electrons. The van der Waals surface area contributed by atoms with Gasteiger partial charge in [0.15, 0.2) is 0 Å². The molecule has 1 saturated heterocycles. The number of aryl methyl sites for hydroxylation is 2. The van der Waals surface area contributed by atoms with E-state index in [0.717, 1.165) is 63.7 Å². The maximum Gasteiger partial charge on any atom is 0.132 e. The van der Waals surface area contributed by atoms with Crippen molar-refractivity contribution >= 4 is 16.7 Å². The van der Waals surface area contributed by atoms with Crippen LogP contribution in [0.5, 0.6) is 0 Å². The van der Waals surface area contributed by atoms with Gasteiger partial charge in [-0.05, 0) is 45.4 Å². The summed E-state index contributed by atoms with van der Waals surface area (Å²) in [5.41, 5.74) is 6.87. The van der Waals surface area contributed by atoms with E-state index < -0.39 is 0 Å². The molecule has 2 N–H and O–H groups in total. The van der Waals surface area contributed by atoms with E-state index in [-0.39, 0.29) is 12.2 Å². The van der Waals surface area contributed by atoms with Crippen molar-refractivity contribution in [1.29, 1.82) is 0 Å². The molecule has 0 bridgehead atoms. The first-order chi connectivity index (χ1) is 14.5. The lowest BCUT2D eigenvalue weighted by Gasteiger charge is -2.36. The summed E-state index contributed by atoms with van der Waals surface area (Å²) in [5, 5.41) is 16.1. The third kappa shape index (κ3) is 3.23. The van der Waals surface area contributed by atoms with Crippen LogP contribution in [0, 0.1) is 13.8 Å². The quantitative estimate of drug-likeness (QED) is 0.542. The molecule has 8 heteroatoms. The molecule has 8 nitrogen and oxygen atoms in total. The lowest BCUT2D eigenvalue weighted by Crippen LogP contribution is -2.45. The highest BCUT2D eigenvalue weighted by Gasteiger charge is 2.24. The topological polar surface area (TPSA) is 95.6 Å². The van der Waals surface area contributed by atoms with Crippen molar-refractivity contribution in [2.24, 2.45) is 0 Å². The standard InChI is InChI=1S/C22H25N7O/c1-12-9-29(10-13(2)30-12)20-8-19(23-11-24-20)22-17-7-16(5-6-18(17)27-28-22)21-14(3)25-26-15(21)4/h5-8,11-13H,9-10H2,1-4H3,(H,25,26)(H,27,28)/t12-,13?/m1/s1. The number of H-pyrrole nitrogens is 2. The Hall–Kier alpha value is -3.26. The molecule has 30 heavy (non-hydrogen) atoms. The van der Waals surface area contributed by atoms with Crippen LogP contribution < -0.4 is 4.90 Å². The minimum absolute atomic E-state index is 0.169. The Morgan fingerprint density at radius 3 is 2.53 bits per heavy atom. The van der Waals surface area contributed by atoms with Gasteiger partial charge in [0.2, 0.25) is 0 Å². The van der Waals surface area contributed by atoms with Crippen LogP contribution in [0.1, 0.15) is 25.2 Å². The number of ether oxygens (including phenoxy) is 1. The van der Waals surface area contributed by atoms with Gasteiger partial charge in [-0.2, -0.15) is 10.2 Å². The fourth-order valence-corrected chi connectivity index (χ4v) is 4.36. The summed E-state index contributed by atoms with van der Waals surface area (Å²) in [6.07, 6.45) is 1.95. The van der Waals surface area contributed by atoms with Crippen LogP contribution in [-0.4, -0.2) is 55.7 Å². The SMILES string of the molecule is Cc1n[nH]c(C)c1-c1ccc2[nH]nc(-c3cc(N4CC(C)O[C@H](C)C4)ncn3)c2c1. The number of rotatable bonds is 3. The Bertz CT molecular complexity index is 1180. The van der Waals surface area contributed by atoms with E-state index in [1.165, 1.54) is 0 Å². The number of anilines is 1. The molecule has 1 aliphatic heterocycles. The number of nitrogens with zero attached hydrogens (tertiary/aromatic N) is 5. The van der Waals surface area contributed by atoms with E-state index >= 15 is 0 Å². The molecule has 1 aromatic carbocycles. The summed E-state index contributed by atoms with van der Waals surface area (Å²) < 4.78 is 5.86. The van der Waals surface area contributed by atoms with Crippen molar-refractivity contribution < 1.29 is 4.74 Å². The number of benzene rings is 1. The van der Waals surface area contributed by atoms with Gasteiger partial charge in [0, 0.05) is 35.8 Å². The number of aromatic nitrogens is 6. The minimum atomic E-state index is 0.169. The monoisotopic (exact) mass is 403 g/mol. The van der Waals surface area contributed by atoms with Gasteiger partial charge >= 0.3 is 0 Å². The average molecular weight is 403 g/mol. The van der Waals surface area contributed by atoms with Crippen LogP contribution in [0.2, 0.25) is 0 Å². The number of morpholine rings is 1. The van der Waals surface area contributed by atoms with Crippen molar-refractivity contribution in [2.75, 3.05) is 18.0 Å². The van der Waals surface area contributed by atoms with E-state index in [9.17, 15) is 0 Å². The van der Waals surface area contributed by atoms with Gasteiger partial charge in [-0.15, -0.1) is 0 Å². The Labute approximate surface area is 174 Å². The predicted octanol–water partition coefficient (Wildman–Crippen LogP) is 3.64. The third-order valence-electron chi connectivity index (χ3n) is 5.62. The maximum absolute atomic E-state index is 5.86. The largest absolute Gasteiger partial charge is 0.372 e. The normalized spacial score (nSPS) is 19.5. The second-order valence-corrected chi connectivity index (χ2v) is 8.07. The average Bonchev–Trinajstić information content (AvgIpc) is 3.29. The highest BCUT2D eigenvalue weighted by Crippen LogP contribution is 2.32. The lowest BCUT2D eigenvalue weighted by molar-refractivity contribution is -0.00546. The molecule has 1 fully saturated rings. The van der Waals surface area contributed by atoms with Gasteiger partial charge in [0.1, 0.15) is 17.8 Å². The van der Waals surface area contributed by atoms with Crippen LogP contribution >= 0.6 is 0 Å². The summed E-state index contributed by atoms with van der Waals surface area (Å²) in [6, 6.07) is 8.32. The van der Waals surface area contributed by atoms with Crippen LogP contribution in [0.15, 0.2) is 30.6 Å². The first kappa shape index (κ1) is 18.7. The van der Waals surface area contributed by atoms with Gasteiger partial charge in [-0.1, -0.05) is 6.07 Å². The molecule has 0 spiro atoms. The third-order valence-corrected chi connectivity index (χ3v) is 5.62. The number of fused-ring (bicyclic) bond motifs is 1. The van der Waals surface area contributed by atoms with E-state index in [2.05, 4.69) is 67.3 Å². The van der Waals surface area contributed by atoms with Gasteiger partial charge in [0.25, 0.3) is 0 Å². The van der Waals surface area contributed by atoms with Crippen molar-refractivity contribution in [3.63, 3.8) is 0 Å². The van der Waals surface area contributed by atoms with Crippen molar-refractivity contribution in [1.82, 2.24) is 30.4 Å². The summed E-state index contributed by atoms with van der Waals surface area (Å²) in [6.45, 7) is 9.86. The molecule has 1 aliphatic rings. The second kappa shape index (κ2) is 7.21. The fraction of sp³-hybridized carbons (Fsp3) is 0.364. The Morgan fingerprint density at radius 2 is 1.80 bits per heavy atom. The highest BCUT2D eigenvalue weighted by atomic mass is 16.5. The van der Waals surface area contributed by atoms with Gasteiger partial charge in [-0.25, -0.2) is 9.97 Å². The van der Waals surface area contributed by atoms with E-state index in [1.54, 1.807) is 6.33 Å². The zero-order valence-electron chi connectivity index (χ0n) is 17.6. The van der Waals surface area contributed by atoms with Crippen molar-refractivity contribution in [3.8, 4) is 22.5 Å². The molecule has 1 unspecified atom stereocenters. The van der Waals surface area contributed by atoms with Gasteiger partial charge in [-0.3, -0.25) is 10.2 Å². The first-order valence-corrected chi connectivity index (χ1v) is 10.2. The zero-order valence-corrected chi connectivity index (χ0v) is 17.6. The number of hydrogen-bond acceptors (Lipinski definition) is 6. The van der Waals surface area contributed by atoms with E-state index in [0.29, 0.717) is 0 Å². The first-order valence-electron chi connectivity index (χ1n) is 10.2. The van der Waals surface area contributed by atoms with Crippen molar-refractivity contribution in [2.45, 2.75) is 39.9 Å². The Balaban J connectivity index is 1.56. The summed E-state index contributed by atoms with van der Waals surface area (Å²) in [4.78, 5) is 11.3. The van der Waals surface area contributed by atoms with E-state index in [1.807, 2.05) is 19.9 Å². The lowest BCUT2D eigenvalue weighted by atomic mass is 10.0. The van der Waals surface area contributed by atoms with Gasteiger partial charge in [0.05, 0.1) is 29.1 Å². The molecule has 0 amide bonds. The van der Waals surface area contributed by atoms with Crippen LogP contribution in [0.3, 0.4) is 0 Å². The molecule has 3 aromatic heterocycles. The van der Waals surface area contributed by atoms with Gasteiger partial charge < -0.3 is 9.64 Å². The maximum atomic E-state index is 5.86. The Morgan fingerprint density at radius 1 is 1.00 bits per heavy atom. The highest BCUT2D eigenvalue weighted by molar-refractivity contribution is 5.95. The number of aromatic amines is 2. The smallest absolute Gasteiger partial charge is 0.132 e. The summed E-state index contributed by atoms with van der Waals surface area (Å²) in [5.74, 6) is 0.899. The molecular formula is C22H25N7O. The van der Waals surface area contributed by atoms with Crippen LogP contribution in [-0.2, 0) is 4.74 Å². The number of nitrogens with one attached hydrogen (secondary N) is 2. The fourth-order valence-electron chi connectivity index (χ4n) is 4.36. The Kier molecular flexibility index (Phi) is 4.51. The zero-order chi connectivity index (χ0) is 20.8. The molecule has 2 atom stereocenters. The molecule has 0 saturated carbocycles. The molecule has 154 valence electrons. The molecular weight excluding hydrogens is 378 g/mol. The van der Waals surface area contributed by atoms with Crippen LogP contribution in [0.4, 0.5) is 5.82 Å². The molecule has 0 aliphatic carbocycles. The van der Waals surface area contributed by atoms with E-state index in [4.69, 9.17) is 4.74 Å². The summed E-state index contributed by atoms with van der Waals surface area (Å²) >= 11 is 0. The molecule has 4 aromatic rings. The predicted molar refractivity (Wildman–Crippen MR) is 116 cm³/mol. The number of hydrogen-bond donors (Lipinski definition) is 2. The molecule has 5 rings (SSSR count). The van der Waals surface area contributed by atoms with Crippen LogP contribution in [0.25, 0.3) is 33.4 Å². The second-order valence-electron chi connectivity index (χ2n) is 8.07. The van der Waals surface area contributed by atoms with Crippen molar-refractivity contribution in [3.05, 3.63) is 42.0 Å². The molecule has 4 heterocycles. The minimum Gasteiger partial charge on any atom is -0.372 e.